The Morgan fingerprint density at radius 2 is 1.81 bits per heavy atom. The Balaban J connectivity index is 2.38. The highest BCUT2D eigenvalue weighted by atomic mass is 127. The second-order valence-electron chi connectivity index (χ2n) is 4.12. The molecule has 0 radical (unpaired) electrons. The highest BCUT2D eigenvalue weighted by Crippen LogP contribution is 2.34. The lowest BCUT2D eigenvalue weighted by Crippen LogP contribution is -2.19. The number of rotatable bonds is 2. The molecule has 0 heterocycles. The van der Waals surface area contributed by atoms with Gasteiger partial charge in [-0.3, -0.25) is 4.79 Å². The van der Waals surface area contributed by atoms with E-state index in [2.05, 4.69) is 21.2 Å². The molecule has 2 aromatic carbocycles. The first-order valence-electron chi connectivity index (χ1n) is 5.71. The summed E-state index contributed by atoms with van der Waals surface area (Å²) in [4.78, 5) is 12.1. The normalized spacial score (nSPS) is 11.3. The molecule has 1 amide bonds. The van der Waals surface area contributed by atoms with Crippen LogP contribution in [-0.2, 0) is 6.18 Å². The number of anilines is 1. The van der Waals surface area contributed by atoms with Gasteiger partial charge in [0.2, 0.25) is 0 Å². The molecule has 0 atom stereocenters. The Hall–Kier alpha value is -1.09. The zero-order chi connectivity index (χ0) is 15.6. The third-order valence-electron chi connectivity index (χ3n) is 2.65. The summed E-state index contributed by atoms with van der Waals surface area (Å²) in [5, 5.41) is 2.50. The zero-order valence-electron chi connectivity index (χ0n) is 10.3. The van der Waals surface area contributed by atoms with Gasteiger partial charge in [0.15, 0.2) is 0 Å². The first-order chi connectivity index (χ1) is 9.79. The molecule has 0 aromatic heterocycles. The monoisotopic (exact) mass is 469 g/mol. The van der Waals surface area contributed by atoms with Gasteiger partial charge in [0.25, 0.3) is 5.91 Å². The molecule has 2 aromatic rings. The Kier molecular flexibility index (Phi) is 4.92. The smallest absolute Gasteiger partial charge is 0.321 e. The van der Waals surface area contributed by atoms with E-state index < -0.39 is 23.2 Å². The number of carbonyl (C=O) groups is 1. The van der Waals surface area contributed by atoms with Crippen molar-refractivity contribution in [3.05, 3.63) is 61.6 Å². The number of hydrogen-bond acceptors (Lipinski definition) is 1. The summed E-state index contributed by atoms with van der Waals surface area (Å²) in [6, 6.07) is 10.3. The summed E-state index contributed by atoms with van der Waals surface area (Å²) in [7, 11) is 0. The van der Waals surface area contributed by atoms with Gasteiger partial charge in [-0.15, -0.1) is 0 Å². The molecule has 0 aliphatic heterocycles. The van der Waals surface area contributed by atoms with E-state index >= 15 is 0 Å². The summed E-state index contributed by atoms with van der Waals surface area (Å²) in [6.45, 7) is 0. The first kappa shape index (κ1) is 16.3. The largest absolute Gasteiger partial charge is 0.417 e. The molecule has 0 saturated heterocycles. The van der Waals surface area contributed by atoms with Crippen LogP contribution in [0.4, 0.5) is 18.9 Å². The van der Waals surface area contributed by atoms with E-state index in [9.17, 15) is 18.0 Å². The second kappa shape index (κ2) is 6.35. The van der Waals surface area contributed by atoms with Gasteiger partial charge in [0.05, 0.1) is 16.8 Å². The van der Waals surface area contributed by atoms with Crippen LogP contribution < -0.4 is 5.32 Å². The van der Waals surface area contributed by atoms with Gasteiger partial charge >= 0.3 is 6.18 Å². The molecule has 21 heavy (non-hydrogen) atoms. The lowest BCUT2D eigenvalue weighted by Gasteiger charge is -2.14. The SMILES string of the molecule is O=C(Nc1ccccc1I)c1ccc(Br)cc1C(F)(F)F. The van der Waals surface area contributed by atoms with Crippen molar-refractivity contribution in [3.63, 3.8) is 0 Å². The quantitative estimate of drug-likeness (QED) is 0.592. The molecule has 0 aliphatic rings. The number of benzene rings is 2. The number of para-hydroxylation sites is 1. The van der Waals surface area contributed by atoms with Crippen LogP contribution in [0, 0.1) is 3.57 Å². The number of alkyl halides is 3. The minimum Gasteiger partial charge on any atom is -0.321 e. The van der Waals surface area contributed by atoms with Gasteiger partial charge in [0.1, 0.15) is 0 Å². The molecule has 0 spiro atoms. The van der Waals surface area contributed by atoms with E-state index in [0.717, 1.165) is 15.7 Å². The first-order valence-corrected chi connectivity index (χ1v) is 7.59. The maximum Gasteiger partial charge on any atom is 0.417 e. The fourth-order valence-electron chi connectivity index (χ4n) is 1.70. The second-order valence-corrected chi connectivity index (χ2v) is 6.20. The molecule has 2 nitrogen and oxygen atoms in total. The van der Waals surface area contributed by atoms with Gasteiger partial charge in [-0.25, -0.2) is 0 Å². The van der Waals surface area contributed by atoms with Gasteiger partial charge in [-0.2, -0.15) is 13.2 Å². The van der Waals surface area contributed by atoms with Crippen molar-refractivity contribution in [2.75, 3.05) is 5.32 Å². The number of hydrogen-bond donors (Lipinski definition) is 1. The van der Waals surface area contributed by atoms with E-state index in [1.807, 2.05) is 22.6 Å². The molecular formula is C14H8BrF3INO. The predicted octanol–water partition coefficient (Wildman–Crippen LogP) is 5.32. The van der Waals surface area contributed by atoms with Gasteiger partial charge < -0.3 is 5.32 Å². The summed E-state index contributed by atoms with van der Waals surface area (Å²) < 4.78 is 40.0. The van der Waals surface area contributed by atoms with Crippen LogP contribution in [0.1, 0.15) is 15.9 Å². The molecular weight excluding hydrogens is 462 g/mol. The van der Waals surface area contributed by atoms with Crippen molar-refractivity contribution in [3.8, 4) is 0 Å². The maximum absolute atomic E-state index is 13.0. The summed E-state index contributed by atoms with van der Waals surface area (Å²) >= 11 is 4.98. The van der Waals surface area contributed by atoms with Crippen molar-refractivity contribution in [1.82, 2.24) is 0 Å². The number of nitrogens with one attached hydrogen (secondary N) is 1. The van der Waals surface area contributed by atoms with Crippen molar-refractivity contribution < 1.29 is 18.0 Å². The molecule has 0 saturated carbocycles. The molecule has 1 N–H and O–H groups in total. The van der Waals surface area contributed by atoms with E-state index in [4.69, 9.17) is 0 Å². The average molecular weight is 470 g/mol. The van der Waals surface area contributed by atoms with Gasteiger partial charge in [-0.1, -0.05) is 28.1 Å². The molecule has 7 heteroatoms. The fraction of sp³-hybridized carbons (Fsp3) is 0.0714. The standard InChI is InChI=1S/C14H8BrF3INO/c15-8-5-6-9(10(7-8)14(16,17)18)13(21)20-12-4-2-1-3-11(12)19/h1-7H,(H,20,21). The van der Waals surface area contributed by atoms with Crippen LogP contribution in [0.25, 0.3) is 0 Å². The molecule has 0 bridgehead atoms. The summed E-state index contributed by atoms with van der Waals surface area (Å²) in [6.07, 6.45) is -4.60. The lowest BCUT2D eigenvalue weighted by atomic mass is 10.1. The number of halogens is 5. The van der Waals surface area contributed by atoms with Crippen LogP contribution in [0.5, 0.6) is 0 Å². The van der Waals surface area contributed by atoms with Crippen LogP contribution in [0.3, 0.4) is 0 Å². The van der Waals surface area contributed by atoms with Crippen molar-refractivity contribution in [1.29, 1.82) is 0 Å². The highest BCUT2D eigenvalue weighted by Gasteiger charge is 2.35. The van der Waals surface area contributed by atoms with E-state index in [1.165, 1.54) is 6.07 Å². The van der Waals surface area contributed by atoms with Crippen LogP contribution >= 0.6 is 38.5 Å². The zero-order valence-corrected chi connectivity index (χ0v) is 14.1. The Bertz CT molecular complexity index is 688. The molecule has 0 fully saturated rings. The third-order valence-corrected chi connectivity index (χ3v) is 4.09. The van der Waals surface area contributed by atoms with Crippen LogP contribution in [0.2, 0.25) is 0 Å². The van der Waals surface area contributed by atoms with Crippen LogP contribution in [-0.4, -0.2) is 5.91 Å². The van der Waals surface area contributed by atoms with E-state index in [-0.39, 0.29) is 4.47 Å². The number of carbonyl (C=O) groups excluding carboxylic acids is 1. The highest BCUT2D eigenvalue weighted by molar-refractivity contribution is 14.1. The molecule has 0 unspecified atom stereocenters. The molecule has 110 valence electrons. The van der Waals surface area contributed by atoms with Crippen molar-refractivity contribution in [2.45, 2.75) is 6.18 Å². The Morgan fingerprint density at radius 1 is 1.14 bits per heavy atom. The molecule has 0 aliphatic carbocycles. The van der Waals surface area contributed by atoms with Crippen molar-refractivity contribution in [2.24, 2.45) is 0 Å². The topological polar surface area (TPSA) is 29.1 Å². The Labute approximate surface area is 141 Å². The molecule has 2 rings (SSSR count). The fourth-order valence-corrected chi connectivity index (χ4v) is 2.58. The maximum atomic E-state index is 13.0. The summed E-state index contributed by atoms with van der Waals surface area (Å²) in [5.41, 5.74) is -0.912. The van der Waals surface area contributed by atoms with Gasteiger partial charge in [-0.05, 0) is 52.9 Å². The number of amides is 1. The predicted molar refractivity (Wildman–Crippen MR) is 86.3 cm³/mol. The van der Waals surface area contributed by atoms with E-state index in [1.54, 1.807) is 24.3 Å². The third kappa shape index (κ3) is 3.97. The minimum atomic E-state index is -4.60. The van der Waals surface area contributed by atoms with E-state index in [0.29, 0.717) is 5.69 Å². The summed E-state index contributed by atoms with van der Waals surface area (Å²) in [5.74, 6) is -0.793. The Morgan fingerprint density at radius 3 is 2.43 bits per heavy atom. The van der Waals surface area contributed by atoms with Crippen LogP contribution in [0.15, 0.2) is 46.9 Å². The minimum absolute atomic E-state index is 0.265. The average Bonchev–Trinajstić information content (AvgIpc) is 2.40. The van der Waals surface area contributed by atoms with Gasteiger partial charge in [0, 0.05) is 8.04 Å². The lowest BCUT2D eigenvalue weighted by molar-refractivity contribution is -0.137. The van der Waals surface area contributed by atoms with Crippen molar-refractivity contribution >= 4 is 50.1 Å².